The second-order valence-corrected chi connectivity index (χ2v) is 6.22. The Morgan fingerprint density at radius 3 is 2.50 bits per heavy atom. The molecule has 2 heteroatoms. The molecule has 0 saturated heterocycles. The van der Waals surface area contributed by atoms with Crippen molar-refractivity contribution in [1.29, 1.82) is 0 Å². The van der Waals surface area contributed by atoms with Gasteiger partial charge in [-0.3, -0.25) is 0 Å². The number of aliphatic hydroxyl groups excluding tert-OH is 1. The van der Waals surface area contributed by atoms with E-state index in [1.165, 1.54) is 5.57 Å². The maximum atomic E-state index is 10.8. The largest absolute Gasteiger partial charge is 0.496 e. The molecule has 1 aliphatic rings. The molecule has 2 rings (SSSR count). The van der Waals surface area contributed by atoms with E-state index in [4.69, 9.17) is 4.74 Å². The zero-order valence-electron chi connectivity index (χ0n) is 13.0. The van der Waals surface area contributed by atoms with Crippen molar-refractivity contribution in [2.24, 2.45) is 5.41 Å². The number of aryl methyl sites for hydroxylation is 1. The van der Waals surface area contributed by atoms with Crippen molar-refractivity contribution in [3.63, 3.8) is 0 Å². The first-order chi connectivity index (χ1) is 9.36. The molecule has 0 amide bonds. The third-order valence-corrected chi connectivity index (χ3v) is 4.16. The fourth-order valence-electron chi connectivity index (χ4n) is 3.09. The van der Waals surface area contributed by atoms with Crippen LogP contribution in [0.15, 0.2) is 41.5 Å². The van der Waals surface area contributed by atoms with Crippen LogP contribution in [0.1, 0.15) is 44.4 Å². The monoisotopic (exact) mass is 272 g/mol. The number of hydrogen-bond donors (Lipinski definition) is 1. The van der Waals surface area contributed by atoms with Gasteiger partial charge in [-0.05, 0) is 60.1 Å². The number of hydrogen-bond acceptors (Lipinski definition) is 2. The molecule has 0 aromatic heterocycles. The Kier molecular flexibility index (Phi) is 4.05. The van der Waals surface area contributed by atoms with E-state index < -0.39 is 6.10 Å². The van der Waals surface area contributed by atoms with Crippen LogP contribution in [0.4, 0.5) is 0 Å². The Balaban J connectivity index is 2.42. The van der Waals surface area contributed by atoms with Crippen molar-refractivity contribution in [3.05, 3.63) is 52.6 Å². The van der Waals surface area contributed by atoms with Crippen LogP contribution in [-0.4, -0.2) is 12.2 Å². The molecule has 0 radical (unpaired) electrons. The number of benzene rings is 1. The van der Waals surface area contributed by atoms with Gasteiger partial charge in [0.15, 0.2) is 0 Å². The van der Waals surface area contributed by atoms with Crippen molar-refractivity contribution in [1.82, 2.24) is 0 Å². The molecule has 1 unspecified atom stereocenters. The minimum atomic E-state index is -0.556. The first kappa shape index (κ1) is 14.9. The lowest BCUT2D eigenvalue weighted by Crippen LogP contribution is -2.23. The molecular weight excluding hydrogens is 248 g/mol. The molecular formula is C18H24O2. The average Bonchev–Trinajstić information content (AvgIpc) is 2.37. The van der Waals surface area contributed by atoms with Gasteiger partial charge in [-0.15, -0.1) is 0 Å². The highest BCUT2D eigenvalue weighted by molar-refractivity contribution is 5.43. The Bertz CT molecular complexity index is 565. The van der Waals surface area contributed by atoms with E-state index in [9.17, 15) is 5.11 Å². The predicted molar refractivity (Wildman–Crippen MR) is 82.9 cm³/mol. The lowest BCUT2D eigenvalue weighted by atomic mass is 9.72. The van der Waals surface area contributed by atoms with Crippen molar-refractivity contribution in [3.8, 4) is 5.75 Å². The summed E-state index contributed by atoms with van der Waals surface area (Å²) in [6.07, 6.45) is 4.70. The highest BCUT2D eigenvalue weighted by Gasteiger charge is 2.31. The molecule has 2 nitrogen and oxygen atoms in total. The van der Waals surface area contributed by atoms with Crippen LogP contribution in [-0.2, 0) is 0 Å². The van der Waals surface area contributed by atoms with E-state index in [-0.39, 0.29) is 5.41 Å². The summed E-state index contributed by atoms with van der Waals surface area (Å²) >= 11 is 0. The lowest BCUT2D eigenvalue weighted by Gasteiger charge is -2.34. The zero-order chi connectivity index (χ0) is 14.9. The molecule has 0 aliphatic heterocycles. The maximum absolute atomic E-state index is 10.8. The molecule has 0 heterocycles. The van der Waals surface area contributed by atoms with Crippen molar-refractivity contribution >= 4 is 0 Å². The first-order valence-corrected chi connectivity index (χ1v) is 7.07. The van der Waals surface area contributed by atoms with Gasteiger partial charge in [0.2, 0.25) is 0 Å². The quantitative estimate of drug-likeness (QED) is 0.887. The van der Waals surface area contributed by atoms with E-state index in [1.807, 2.05) is 25.1 Å². The van der Waals surface area contributed by atoms with Crippen LogP contribution in [0.2, 0.25) is 0 Å². The second kappa shape index (κ2) is 5.45. The fourth-order valence-corrected chi connectivity index (χ4v) is 3.09. The van der Waals surface area contributed by atoms with Crippen molar-refractivity contribution < 1.29 is 9.84 Å². The van der Waals surface area contributed by atoms with E-state index in [2.05, 4.69) is 32.9 Å². The average molecular weight is 272 g/mol. The summed E-state index contributed by atoms with van der Waals surface area (Å²) in [5, 5.41) is 10.8. The van der Waals surface area contributed by atoms with Crippen LogP contribution in [0.5, 0.6) is 5.75 Å². The van der Waals surface area contributed by atoms with Gasteiger partial charge in [-0.2, -0.15) is 0 Å². The number of methoxy groups -OCH3 is 1. The SMILES string of the molecule is COc1ccc(C(O)C2=C(C)C=CCC2(C)C)cc1C. The van der Waals surface area contributed by atoms with Crippen LogP contribution in [0, 0.1) is 12.3 Å². The molecule has 20 heavy (non-hydrogen) atoms. The summed E-state index contributed by atoms with van der Waals surface area (Å²) < 4.78 is 5.28. The number of allylic oxidation sites excluding steroid dienone is 3. The third-order valence-electron chi connectivity index (χ3n) is 4.16. The molecule has 1 aromatic rings. The van der Waals surface area contributed by atoms with E-state index in [0.29, 0.717) is 0 Å². The van der Waals surface area contributed by atoms with Crippen LogP contribution < -0.4 is 4.74 Å². The van der Waals surface area contributed by atoms with Gasteiger partial charge in [-0.1, -0.05) is 32.1 Å². The summed E-state index contributed by atoms with van der Waals surface area (Å²) in [5.41, 5.74) is 4.26. The third kappa shape index (κ3) is 2.66. The maximum Gasteiger partial charge on any atom is 0.121 e. The van der Waals surface area contributed by atoms with Crippen LogP contribution in [0.25, 0.3) is 0 Å². The molecule has 0 saturated carbocycles. The highest BCUT2D eigenvalue weighted by atomic mass is 16.5. The van der Waals surface area contributed by atoms with E-state index in [0.717, 1.165) is 28.9 Å². The molecule has 0 spiro atoms. The normalized spacial score (nSPS) is 19.1. The van der Waals surface area contributed by atoms with Crippen LogP contribution in [0.3, 0.4) is 0 Å². The van der Waals surface area contributed by atoms with Gasteiger partial charge in [0.05, 0.1) is 7.11 Å². The summed E-state index contributed by atoms with van der Waals surface area (Å²) in [6.45, 7) is 8.46. The molecule has 0 fully saturated rings. The second-order valence-electron chi connectivity index (χ2n) is 6.22. The highest BCUT2D eigenvalue weighted by Crippen LogP contribution is 2.44. The Labute approximate surface area is 121 Å². The molecule has 1 aliphatic carbocycles. The van der Waals surface area contributed by atoms with Crippen molar-refractivity contribution in [2.75, 3.05) is 7.11 Å². The standard InChI is InChI=1S/C18H24O2/c1-12-7-6-10-18(3,4)16(12)17(19)14-8-9-15(20-5)13(2)11-14/h6-9,11,17,19H,10H2,1-5H3. The van der Waals surface area contributed by atoms with Gasteiger partial charge in [-0.25, -0.2) is 0 Å². The summed E-state index contributed by atoms with van der Waals surface area (Å²) in [5.74, 6) is 0.856. The Hall–Kier alpha value is -1.54. The smallest absolute Gasteiger partial charge is 0.121 e. The molecule has 1 aromatic carbocycles. The molecule has 0 bridgehead atoms. The van der Waals surface area contributed by atoms with Gasteiger partial charge < -0.3 is 9.84 Å². The van der Waals surface area contributed by atoms with E-state index >= 15 is 0 Å². The Morgan fingerprint density at radius 1 is 1.25 bits per heavy atom. The molecule has 1 atom stereocenters. The number of rotatable bonds is 3. The zero-order valence-corrected chi connectivity index (χ0v) is 13.0. The predicted octanol–water partition coefficient (Wildman–Crippen LogP) is 4.34. The summed E-state index contributed by atoms with van der Waals surface area (Å²) in [7, 11) is 1.67. The minimum absolute atomic E-state index is 0.00785. The fraction of sp³-hybridized carbons (Fsp3) is 0.444. The van der Waals surface area contributed by atoms with Crippen LogP contribution >= 0.6 is 0 Å². The number of aliphatic hydroxyl groups is 1. The molecule has 108 valence electrons. The van der Waals surface area contributed by atoms with Crippen molar-refractivity contribution in [2.45, 2.75) is 40.2 Å². The van der Waals surface area contributed by atoms with E-state index in [1.54, 1.807) is 7.11 Å². The molecule has 1 N–H and O–H groups in total. The first-order valence-electron chi connectivity index (χ1n) is 7.07. The van der Waals surface area contributed by atoms with Gasteiger partial charge >= 0.3 is 0 Å². The topological polar surface area (TPSA) is 29.5 Å². The number of ether oxygens (including phenoxy) is 1. The van der Waals surface area contributed by atoms with Gasteiger partial charge in [0.25, 0.3) is 0 Å². The van der Waals surface area contributed by atoms with Gasteiger partial charge in [0.1, 0.15) is 11.9 Å². The lowest BCUT2D eigenvalue weighted by molar-refractivity contribution is 0.181. The Morgan fingerprint density at radius 2 is 1.95 bits per heavy atom. The summed E-state index contributed by atoms with van der Waals surface area (Å²) in [6, 6.07) is 5.89. The minimum Gasteiger partial charge on any atom is -0.496 e. The van der Waals surface area contributed by atoms with Gasteiger partial charge in [0, 0.05) is 0 Å². The summed E-state index contributed by atoms with van der Waals surface area (Å²) in [4.78, 5) is 0.